The molecule has 0 bridgehead atoms. The minimum absolute atomic E-state index is 0.0515. The van der Waals surface area contributed by atoms with Crippen LogP contribution in [0.3, 0.4) is 0 Å². The van der Waals surface area contributed by atoms with E-state index < -0.39 is 32.0 Å². The van der Waals surface area contributed by atoms with Crippen LogP contribution in [0.1, 0.15) is 37.0 Å². The number of amides is 1. The van der Waals surface area contributed by atoms with E-state index in [2.05, 4.69) is 5.32 Å². The fraction of sp³-hybridized carbons (Fsp3) is 0.500. The molecule has 1 amide bonds. The van der Waals surface area contributed by atoms with Crippen molar-refractivity contribution in [3.05, 3.63) is 29.8 Å². The summed E-state index contributed by atoms with van der Waals surface area (Å²) in [4.78, 5) is 11.4. The lowest BCUT2D eigenvalue weighted by molar-refractivity contribution is 0.0314. The zero-order valence-corrected chi connectivity index (χ0v) is 13.2. The van der Waals surface area contributed by atoms with Crippen molar-refractivity contribution in [1.82, 2.24) is 5.32 Å². The highest BCUT2D eigenvalue weighted by molar-refractivity contribution is 7.91. The summed E-state index contributed by atoms with van der Waals surface area (Å²) >= 11 is 0. The maximum Gasteiger partial charge on any atom is 0.341 e. The summed E-state index contributed by atoms with van der Waals surface area (Å²) in [6.45, 7) is 3.63. The molecule has 0 aliphatic carbocycles. The quantitative estimate of drug-likeness (QED) is 0.798. The minimum atomic E-state index is -4.67. The normalized spacial score (nSPS) is 12.5. The second kappa shape index (κ2) is 7.15. The highest BCUT2D eigenvalue weighted by atomic mass is 32.2. The number of halogens is 2. The lowest BCUT2D eigenvalue weighted by atomic mass is 9.97. The molecule has 1 aromatic carbocycles. The fourth-order valence-corrected chi connectivity index (χ4v) is 2.47. The summed E-state index contributed by atoms with van der Waals surface area (Å²) in [6, 6.07) is 4.23. The van der Waals surface area contributed by atoms with E-state index in [0.29, 0.717) is 12.8 Å². The van der Waals surface area contributed by atoms with Crippen LogP contribution in [-0.2, 0) is 9.84 Å². The molecule has 1 aromatic rings. The molecule has 124 valence electrons. The Bertz CT molecular complexity index is 610. The number of sulfone groups is 1. The third kappa shape index (κ3) is 4.23. The zero-order chi connectivity index (χ0) is 17.0. The largest absolute Gasteiger partial charge is 0.388 e. The van der Waals surface area contributed by atoms with E-state index in [1.165, 1.54) is 0 Å². The summed E-state index contributed by atoms with van der Waals surface area (Å²) < 4.78 is 47.3. The van der Waals surface area contributed by atoms with Gasteiger partial charge in [-0.15, -0.1) is 0 Å². The maximum absolute atomic E-state index is 12.4. The zero-order valence-electron chi connectivity index (χ0n) is 12.3. The van der Waals surface area contributed by atoms with Crippen molar-refractivity contribution in [2.24, 2.45) is 0 Å². The van der Waals surface area contributed by atoms with E-state index in [-0.39, 0.29) is 12.1 Å². The fourth-order valence-electron chi connectivity index (χ4n) is 1.75. The van der Waals surface area contributed by atoms with Crippen molar-refractivity contribution < 1.29 is 27.1 Å². The highest BCUT2D eigenvalue weighted by Gasteiger charge is 2.27. The summed E-state index contributed by atoms with van der Waals surface area (Å²) in [6.07, 6.45) is 0.935. The number of hydrogen-bond donors (Lipinski definition) is 2. The standard InChI is InChI=1S/C14H19F2NO4S/c1-3-14(19,4-2)9-17-12(18)10-5-7-11(8-6-10)22(20,21)13(15)16/h5-8,13,19H,3-4,9H2,1-2H3,(H,17,18). The number of hydrogen-bond acceptors (Lipinski definition) is 4. The number of carbonyl (C=O) groups is 1. The van der Waals surface area contributed by atoms with Crippen LogP contribution in [0.4, 0.5) is 8.78 Å². The summed E-state index contributed by atoms with van der Waals surface area (Å²) in [5, 5.41) is 12.6. The number of benzene rings is 1. The Kier molecular flexibility index (Phi) is 6.01. The van der Waals surface area contributed by atoms with Gasteiger partial charge in [0.25, 0.3) is 5.91 Å². The third-order valence-corrected chi connectivity index (χ3v) is 4.97. The van der Waals surface area contributed by atoms with Crippen LogP contribution in [0.15, 0.2) is 29.2 Å². The second-order valence-corrected chi connectivity index (χ2v) is 6.86. The Balaban J connectivity index is 2.81. The molecule has 0 aliphatic heterocycles. The van der Waals surface area contributed by atoms with Crippen molar-refractivity contribution >= 4 is 15.7 Å². The van der Waals surface area contributed by atoms with E-state index >= 15 is 0 Å². The molecule has 22 heavy (non-hydrogen) atoms. The number of alkyl halides is 2. The molecule has 2 N–H and O–H groups in total. The van der Waals surface area contributed by atoms with Crippen molar-refractivity contribution in [2.75, 3.05) is 6.54 Å². The molecular weight excluding hydrogens is 316 g/mol. The van der Waals surface area contributed by atoms with Gasteiger partial charge in [0.15, 0.2) is 0 Å². The van der Waals surface area contributed by atoms with Gasteiger partial charge in [-0.2, -0.15) is 8.78 Å². The monoisotopic (exact) mass is 335 g/mol. The Labute approximate surface area is 128 Å². The molecule has 0 saturated heterocycles. The number of carbonyl (C=O) groups excluding carboxylic acids is 1. The molecule has 0 radical (unpaired) electrons. The van der Waals surface area contributed by atoms with Gasteiger partial charge in [0.2, 0.25) is 9.84 Å². The van der Waals surface area contributed by atoms with Gasteiger partial charge in [-0.05, 0) is 37.1 Å². The lowest BCUT2D eigenvalue weighted by Crippen LogP contribution is -2.42. The van der Waals surface area contributed by atoms with Crippen LogP contribution >= 0.6 is 0 Å². The number of aliphatic hydroxyl groups is 1. The Hall–Kier alpha value is -1.54. The third-order valence-electron chi connectivity index (χ3n) is 3.57. The van der Waals surface area contributed by atoms with E-state index in [9.17, 15) is 27.1 Å². The summed E-state index contributed by atoms with van der Waals surface area (Å²) in [5.74, 6) is -4.02. The molecule has 5 nitrogen and oxygen atoms in total. The molecule has 1 rings (SSSR count). The van der Waals surface area contributed by atoms with Gasteiger partial charge in [0, 0.05) is 12.1 Å². The van der Waals surface area contributed by atoms with E-state index in [4.69, 9.17) is 0 Å². The van der Waals surface area contributed by atoms with Gasteiger partial charge >= 0.3 is 5.76 Å². The van der Waals surface area contributed by atoms with Gasteiger partial charge in [0.05, 0.1) is 10.5 Å². The average Bonchev–Trinajstić information content (AvgIpc) is 2.52. The summed E-state index contributed by atoms with van der Waals surface area (Å²) in [7, 11) is -4.67. The number of rotatable bonds is 7. The van der Waals surface area contributed by atoms with Crippen LogP contribution in [0.25, 0.3) is 0 Å². The van der Waals surface area contributed by atoms with Crippen LogP contribution in [0.2, 0.25) is 0 Å². The Morgan fingerprint density at radius 1 is 1.23 bits per heavy atom. The average molecular weight is 335 g/mol. The minimum Gasteiger partial charge on any atom is -0.388 e. The first-order chi connectivity index (χ1) is 10.2. The first kappa shape index (κ1) is 18.5. The topological polar surface area (TPSA) is 83.5 Å². The van der Waals surface area contributed by atoms with Crippen molar-refractivity contribution in [2.45, 2.75) is 42.9 Å². The maximum atomic E-state index is 12.4. The molecule has 0 saturated carbocycles. The van der Waals surface area contributed by atoms with Gasteiger partial charge < -0.3 is 10.4 Å². The van der Waals surface area contributed by atoms with Gasteiger partial charge in [-0.3, -0.25) is 4.79 Å². The van der Waals surface area contributed by atoms with Gasteiger partial charge in [-0.1, -0.05) is 13.8 Å². The van der Waals surface area contributed by atoms with Crippen LogP contribution in [0, 0.1) is 0 Å². The highest BCUT2D eigenvalue weighted by Crippen LogP contribution is 2.19. The molecule has 0 fully saturated rings. The molecule has 8 heteroatoms. The van der Waals surface area contributed by atoms with E-state index in [1.54, 1.807) is 13.8 Å². The molecule has 0 aromatic heterocycles. The van der Waals surface area contributed by atoms with Gasteiger partial charge in [-0.25, -0.2) is 8.42 Å². The van der Waals surface area contributed by atoms with Crippen LogP contribution < -0.4 is 5.32 Å². The molecular formula is C14H19F2NO4S. The predicted molar refractivity (Wildman–Crippen MR) is 77.5 cm³/mol. The SMILES string of the molecule is CCC(O)(CC)CNC(=O)c1ccc(S(=O)(=O)C(F)F)cc1. The smallest absolute Gasteiger partial charge is 0.341 e. The Morgan fingerprint density at radius 3 is 2.14 bits per heavy atom. The Morgan fingerprint density at radius 2 is 1.73 bits per heavy atom. The van der Waals surface area contributed by atoms with Crippen molar-refractivity contribution in [3.8, 4) is 0 Å². The second-order valence-electron chi connectivity index (χ2n) is 4.94. The molecule has 0 spiro atoms. The predicted octanol–water partition coefficient (Wildman–Crippen LogP) is 1.96. The van der Waals surface area contributed by atoms with E-state index in [0.717, 1.165) is 24.3 Å². The molecule has 0 atom stereocenters. The summed E-state index contributed by atoms with van der Waals surface area (Å²) in [5.41, 5.74) is -0.878. The van der Waals surface area contributed by atoms with Crippen molar-refractivity contribution in [1.29, 1.82) is 0 Å². The van der Waals surface area contributed by atoms with Gasteiger partial charge in [0.1, 0.15) is 0 Å². The molecule has 0 heterocycles. The number of nitrogens with one attached hydrogen (secondary N) is 1. The first-order valence-electron chi connectivity index (χ1n) is 6.79. The lowest BCUT2D eigenvalue weighted by Gasteiger charge is -2.25. The molecule has 0 unspecified atom stereocenters. The van der Waals surface area contributed by atoms with Crippen LogP contribution in [-0.4, -0.2) is 37.3 Å². The first-order valence-corrected chi connectivity index (χ1v) is 8.33. The molecule has 0 aliphatic rings. The van der Waals surface area contributed by atoms with Crippen molar-refractivity contribution in [3.63, 3.8) is 0 Å². The van der Waals surface area contributed by atoms with E-state index in [1.807, 2.05) is 0 Å². The van der Waals surface area contributed by atoms with Crippen LogP contribution in [0.5, 0.6) is 0 Å².